The van der Waals surface area contributed by atoms with E-state index in [0.29, 0.717) is 0 Å². The van der Waals surface area contributed by atoms with Crippen LogP contribution < -0.4 is 10.1 Å². The lowest BCUT2D eigenvalue weighted by atomic mass is 10.1. The molecule has 0 unspecified atom stereocenters. The van der Waals surface area contributed by atoms with Crippen LogP contribution in [0.15, 0.2) is 42.7 Å². The van der Waals surface area contributed by atoms with E-state index in [-0.39, 0.29) is 0 Å². The Hall–Kier alpha value is -2.07. The summed E-state index contributed by atoms with van der Waals surface area (Å²) in [6, 6.07) is 10.0. The largest absolute Gasteiger partial charge is 0.456 e. The van der Waals surface area contributed by atoms with Crippen molar-refractivity contribution in [3.63, 3.8) is 0 Å². The van der Waals surface area contributed by atoms with Gasteiger partial charge in [-0.1, -0.05) is 19.1 Å². The quantitative estimate of drug-likeness (QED) is 0.799. The van der Waals surface area contributed by atoms with Crippen LogP contribution in [0.4, 0.5) is 5.69 Å². The van der Waals surface area contributed by atoms with Crippen molar-refractivity contribution in [2.45, 2.75) is 19.8 Å². The third kappa shape index (κ3) is 5.08. The molecule has 0 saturated heterocycles. The third-order valence-corrected chi connectivity index (χ3v) is 3.05. The highest BCUT2D eigenvalue weighted by Gasteiger charge is 2.00. The van der Waals surface area contributed by atoms with Gasteiger partial charge in [0.2, 0.25) is 0 Å². The number of hydrogen-bond donors (Lipinski definition) is 1. The van der Waals surface area contributed by atoms with Crippen molar-refractivity contribution in [1.29, 1.82) is 0 Å². The highest BCUT2D eigenvalue weighted by Crippen LogP contribution is 2.23. The van der Waals surface area contributed by atoms with Crippen molar-refractivity contribution in [3.05, 3.63) is 48.3 Å². The van der Waals surface area contributed by atoms with Gasteiger partial charge in [0, 0.05) is 19.7 Å². The Kier molecular flexibility index (Phi) is 6.03. The lowest BCUT2D eigenvalue weighted by Crippen LogP contribution is -2.00. The second-order valence-corrected chi connectivity index (χ2v) is 4.82. The first-order valence-corrected chi connectivity index (χ1v) is 7.26. The second-order valence-electron chi connectivity index (χ2n) is 4.82. The average Bonchev–Trinajstić information content (AvgIpc) is 2.53. The molecule has 2 aromatic rings. The number of nitrogens with zero attached hydrogens (tertiary/aromatic N) is 1. The van der Waals surface area contributed by atoms with Crippen LogP contribution in [0.25, 0.3) is 0 Å². The summed E-state index contributed by atoms with van der Waals surface area (Å²) in [5.41, 5.74) is 2.21. The first-order valence-electron chi connectivity index (χ1n) is 7.26. The van der Waals surface area contributed by atoms with E-state index in [1.54, 1.807) is 19.5 Å². The predicted molar refractivity (Wildman–Crippen MR) is 85.1 cm³/mol. The summed E-state index contributed by atoms with van der Waals surface area (Å²) in [6.45, 7) is 3.79. The summed E-state index contributed by atoms with van der Waals surface area (Å²) in [7, 11) is 1.71. The molecular weight excluding hydrogens is 264 g/mol. The maximum absolute atomic E-state index is 5.82. The van der Waals surface area contributed by atoms with Crippen LogP contribution >= 0.6 is 0 Å². The fourth-order valence-corrected chi connectivity index (χ4v) is 1.92. The Morgan fingerprint density at radius 2 is 1.90 bits per heavy atom. The summed E-state index contributed by atoms with van der Waals surface area (Å²) in [5, 5.41) is 3.30. The number of benzene rings is 1. The molecular formula is C17H22N2O2. The zero-order chi connectivity index (χ0) is 14.9. The van der Waals surface area contributed by atoms with E-state index in [9.17, 15) is 0 Å². The SMILES string of the molecule is CCCNc1cncc(Oc2ccc(CCOC)cc2)c1. The lowest BCUT2D eigenvalue weighted by Gasteiger charge is -2.09. The molecule has 0 radical (unpaired) electrons. The van der Waals surface area contributed by atoms with Gasteiger partial charge in [0.1, 0.15) is 11.5 Å². The minimum atomic E-state index is 0.731. The van der Waals surface area contributed by atoms with Crippen LogP contribution in [0.3, 0.4) is 0 Å². The zero-order valence-corrected chi connectivity index (χ0v) is 12.6. The summed E-state index contributed by atoms with van der Waals surface area (Å²) in [6.07, 6.45) is 5.51. The maximum Gasteiger partial charge on any atom is 0.147 e. The molecule has 4 heteroatoms. The van der Waals surface area contributed by atoms with Gasteiger partial charge in [-0.2, -0.15) is 0 Å². The minimum absolute atomic E-state index is 0.731. The molecule has 0 aliphatic carbocycles. The van der Waals surface area contributed by atoms with E-state index in [1.807, 2.05) is 18.2 Å². The molecule has 0 aliphatic rings. The first kappa shape index (κ1) is 15.3. The zero-order valence-electron chi connectivity index (χ0n) is 12.6. The molecule has 0 bridgehead atoms. The number of ether oxygens (including phenoxy) is 2. The van der Waals surface area contributed by atoms with E-state index in [2.05, 4.69) is 29.4 Å². The maximum atomic E-state index is 5.82. The number of hydrogen-bond acceptors (Lipinski definition) is 4. The van der Waals surface area contributed by atoms with E-state index >= 15 is 0 Å². The van der Waals surface area contributed by atoms with E-state index in [1.165, 1.54) is 5.56 Å². The number of aromatic nitrogens is 1. The molecule has 0 amide bonds. The first-order chi connectivity index (χ1) is 10.3. The van der Waals surface area contributed by atoms with Crippen LogP contribution in [0.1, 0.15) is 18.9 Å². The molecule has 21 heavy (non-hydrogen) atoms. The number of pyridine rings is 1. The minimum Gasteiger partial charge on any atom is -0.456 e. The Morgan fingerprint density at radius 1 is 1.10 bits per heavy atom. The molecule has 0 atom stereocenters. The van der Waals surface area contributed by atoms with Crippen LogP contribution in [0.5, 0.6) is 11.5 Å². The number of nitrogens with one attached hydrogen (secondary N) is 1. The molecule has 0 aliphatic heterocycles. The average molecular weight is 286 g/mol. The van der Waals surface area contributed by atoms with Gasteiger partial charge in [0.05, 0.1) is 24.7 Å². The number of methoxy groups -OCH3 is 1. The van der Waals surface area contributed by atoms with E-state index in [4.69, 9.17) is 9.47 Å². The summed E-state index contributed by atoms with van der Waals surface area (Å²) in [5.74, 6) is 1.55. The van der Waals surface area contributed by atoms with Crippen molar-refractivity contribution < 1.29 is 9.47 Å². The highest BCUT2D eigenvalue weighted by molar-refractivity contribution is 5.46. The Labute approximate surface area is 126 Å². The molecule has 112 valence electrons. The molecule has 0 fully saturated rings. The molecule has 0 saturated carbocycles. The van der Waals surface area contributed by atoms with Crippen molar-refractivity contribution in [3.8, 4) is 11.5 Å². The normalized spacial score (nSPS) is 10.4. The van der Waals surface area contributed by atoms with Gasteiger partial charge in [-0.05, 0) is 30.5 Å². The molecule has 1 N–H and O–H groups in total. The summed E-state index contributed by atoms with van der Waals surface area (Å²) >= 11 is 0. The number of anilines is 1. The van der Waals surface area contributed by atoms with Crippen molar-refractivity contribution in [1.82, 2.24) is 4.98 Å². The van der Waals surface area contributed by atoms with Gasteiger partial charge in [0.25, 0.3) is 0 Å². The molecule has 0 spiro atoms. The Bertz CT molecular complexity index is 541. The Morgan fingerprint density at radius 3 is 2.62 bits per heavy atom. The number of rotatable bonds is 8. The van der Waals surface area contributed by atoms with Gasteiger partial charge < -0.3 is 14.8 Å². The van der Waals surface area contributed by atoms with Gasteiger partial charge in [-0.25, -0.2) is 0 Å². The summed E-state index contributed by atoms with van der Waals surface area (Å²) < 4.78 is 10.9. The second kappa shape index (κ2) is 8.27. The van der Waals surface area contributed by atoms with Gasteiger partial charge in [0.15, 0.2) is 0 Å². The lowest BCUT2D eigenvalue weighted by molar-refractivity contribution is 0.202. The van der Waals surface area contributed by atoms with Gasteiger partial charge in [-0.15, -0.1) is 0 Å². The van der Waals surface area contributed by atoms with Crippen molar-refractivity contribution in [2.24, 2.45) is 0 Å². The van der Waals surface area contributed by atoms with Crippen LogP contribution in [0.2, 0.25) is 0 Å². The molecule has 1 aromatic carbocycles. The molecule has 1 heterocycles. The van der Waals surface area contributed by atoms with E-state index in [0.717, 1.165) is 43.2 Å². The fraction of sp³-hybridized carbons (Fsp3) is 0.353. The van der Waals surface area contributed by atoms with Gasteiger partial charge in [-0.3, -0.25) is 4.98 Å². The smallest absolute Gasteiger partial charge is 0.147 e. The standard InChI is InChI=1S/C17H22N2O2/c1-3-9-19-15-11-17(13-18-12-15)21-16-6-4-14(5-7-16)8-10-20-2/h4-7,11-13,19H,3,8-10H2,1-2H3. The molecule has 4 nitrogen and oxygen atoms in total. The van der Waals surface area contributed by atoms with Crippen molar-refractivity contribution in [2.75, 3.05) is 25.6 Å². The monoisotopic (exact) mass is 286 g/mol. The van der Waals surface area contributed by atoms with Crippen LogP contribution in [-0.2, 0) is 11.2 Å². The topological polar surface area (TPSA) is 43.4 Å². The van der Waals surface area contributed by atoms with Crippen LogP contribution in [0, 0.1) is 0 Å². The van der Waals surface area contributed by atoms with Crippen LogP contribution in [-0.4, -0.2) is 25.2 Å². The van der Waals surface area contributed by atoms with E-state index < -0.39 is 0 Å². The Balaban J connectivity index is 1.97. The predicted octanol–water partition coefficient (Wildman–Crippen LogP) is 3.88. The van der Waals surface area contributed by atoms with Gasteiger partial charge >= 0.3 is 0 Å². The highest BCUT2D eigenvalue weighted by atomic mass is 16.5. The third-order valence-electron chi connectivity index (χ3n) is 3.05. The summed E-state index contributed by atoms with van der Waals surface area (Å²) in [4.78, 5) is 4.19. The van der Waals surface area contributed by atoms with Crippen molar-refractivity contribution >= 4 is 5.69 Å². The fourth-order valence-electron chi connectivity index (χ4n) is 1.92. The molecule has 2 rings (SSSR count). The molecule has 1 aromatic heterocycles.